The normalized spacial score (nSPS) is 19.0. The summed E-state index contributed by atoms with van der Waals surface area (Å²) in [5.74, 6) is 1.77. The monoisotopic (exact) mass is 487 g/mol. The second kappa shape index (κ2) is 9.29. The van der Waals surface area contributed by atoms with E-state index in [9.17, 15) is 5.11 Å². The predicted octanol–water partition coefficient (Wildman–Crippen LogP) is 3.88. The van der Waals surface area contributed by atoms with Crippen molar-refractivity contribution in [3.8, 4) is 11.4 Å². The summed E-state index contributed by atoms with van der Waals surface area (Å²) in [5, 5.41) is 15.6. The molecule has 3 aromatic heterocycles. The van der Waals surface area contributed by atoms with Gasteiger partial charge in [0, 0.05) is 44.5 Å². The summed E-state index contributed by atoms with van der Waals surface area (Å²) in [5.41, 5.74) is 5.98. The Labute approximate surface area is 210 Å². The van der Waals surface area contributed by atoms with Crippen molar-refractivity contribution < 1.29 is 9.84 Å². The Morgan fingerprint density at radius 2 is 1.86 bits per heavy atom. The van der Waals surface area contributed by atoms with Gasteiger partial charge in [-0.25, -0.2) is 15.0 Å². The lowest BCUT2D eigenvalue weighted by atomic mass is 10.1. The van der Waals surface area contributed by atoms with Gasteiger partial charge in [0.05, 0.1) is 16.7 Å². The fourth-order valence-electron chi connectivity index (χ4n) is 5.53. The lowest BCUT2D eigenvalue weighted by Gasteiger charge is -2.35. The minimum absolute atomic E-state index is 0.364. The molecule has 4 aromatic rings. The molecule has 0 radical (unpaired) electrons. The topological polar surface area (TPSA) is 91.9 Å². The van der Waals surface area contributed by atoms with Crippen LogP contribution < -0.4 is 9.80 Å². The minimum atomic E-state index is -0.509. The molecule has 1 unspecified atom stereocenters. The number of hydrogen-bond donors (Lipinski definition) is 1. The molecule has 0 spiro atoms. The van der Waals surface area contributed by atoms with Crippen molar-refractivity contribution in [2.45, 2.75) is 58.7 Å². The third kappa shape index (κ3) is 4.06. The van der Waals surface area contributed by atoms with Gasteiger partial charge in [0.15, 0.2) is 5.65 Å². The second-order valence-electron chi connectivity index (χ2n) is 9.87. The highest BCUT2D eigenvalue weighted by atomic mass is 16.5. The molecule has 1 aromatic carbocycles. The zero-order valence-electron chi connectivity index (χ0n) is 21.2. The van der Waals surface area contributed by atoms with Gasteiger partial charge in [0.25, 0.3) is 0 Å². The molecule has 0 aliphatic carbocycles. The van der Waals surface area contributed by atoms with E-state index in [1.807, 2.05) is 28.5 Å². The van der Waals surface area contributed by atoms with E-state index in [0.717, 1.165) is 103 Å². The average Bonchev–Trinajstić information content (AvgIpc) is 3.51. The molecule has 0 bridgehead atoms. The van der Waals surface area contributed by atoms with Crippen LogP contribution >= 0.6 is 0 Å². The number of aryl methyl sites for hydroxylation is 2. The Morgan fingerprint density at radius 1 is 1.03 bits per heavy atom. The van der Waals surface area contributed by atoms with Crippen LogP contribution in [-0.2, 0) is 4.74 Å². The van der Waals surface area contributed by atoms with E-state index in [0.29, 0.717) is 6.04 Å². The van der Waals surface area contributed by atoms with Gasteiger partial charge >= 0.3 is 0 Å². The first-order valence-electron chi connectivity index (χ1n) is 13.0. The number of fused-ring (bicyclic) bond motifs is 2. The zero-order chi connectivity index (χ0) is 24.8. The van der Waals surface area contributed by atoms with Crippen LogP contribution in [0.5, 0.6) is 0 Å². The molecule has 6 rings (SSSR count). The Hall–Kier alpha value is -3.30. The van der Waals surface area contributed by atoms with Crippen molar-refractivity contribution in [1.82, 2.24) is 24.6 Å². The Morgan fingerprint density at radius 3 is 2.61 bits per heavy atom. The van der Waals surface area contributed by atoms with E-state index in [4.69, 9.17) is 24.8 Å². The molecule has 0 amide bonds. The fourth-order valence-corrected chi connectivity index (χ4v) is 5.53. The highest BCUT2D eigenvalue weighted by Gasteiger charge is 2.28. The molecule has 1 atom stereocenters. The Kier molecular flexibility index (Phi) is 5.97. The summed E-state index contributed by atoms with van der Waals surface area (Å²) >= 11 is 0. The summed E-state index contributed by atoms with van der Waals surface area (Å²) in [6.07, 6.45) is 3.15. The maximum absolute atomic E-state index is 10.6. The number of aliphatic hydroxyl groups is 1. The van der Waals surface area contributed by atoms with Crippen LogP contribution in [0.4, 0.5) is 11.6 Å². The van der Waals surface area contributed by atoms with Crippen molar-refractivity contribution in [2.24, 2.45) is 0 Å². The SMILES string of the molecule is CCN(c1cc(N2CCCC2O)nc2cc(-c3nc4cc(C)ccc4nc3C)nn12)C1CCOCC1. The number of hydrogen-bond acceptors (Lipinski definition) is 8. The third-order valence-electron chi connectivity index (χ3n) is 7.41. The highest BCUT2D eigenvalue weighted by Crippen LogP contribution is 2.32. The Bertz CT molecular complexity index is 1410. The lowest BCUT2D eigenvalue weighted by Crippen LogP contribution is -2.41. The van der Waals surface area contributed by atoms with Crippen LogP contribution in [0, 0.1) is 13.8 Å². The predicted molar refractivity (Wildman–Crippen MR) is 140 cm³/mol. The first kappa shape index (κ1) is 23.1. The standard InChI is InChI=1S/C27H33N7O2/c1-4-32(19-9-12-36-13-10-19)25-16-23(33-11-5-6-26(33)35)30-24-15-22(31-34(24)25)27-18(3)28-20-8-7-17(2)14-21(20)29-27/h7-8,14-16,19,26,35H,4-6,9-13H2,1-3H3. The first-order chi connectivity index (χ1) is 17.5. The molecule has 2 aliphatic heterocycles. The summed E-state index contributed by atoms with van der Waals surface area (Å²) in [6.45, 7) is 9.39. The first-order valence-corrected chi connectivity index (χ1v) is 13.0. The van der Waals surface area contributed by atoms with Crippen LogP contribution in [0.1, 0.15) is 43.9 Å². The smallest absolute Gasteiger partial charge is 0.160 e. The number of anilines is 2. The lowest BCUT2D eigenvalue weighted by molar-refractivity contribution is 0.0844. The largest absolute Gasteiger partial charge is 0.381 e. The van der Waals surface area contributed by atoms with Crippen LogP contribution in [0.25, 0.3) is 28.1 Å². The maximum Gasteiger partial charge on any atom is 0.160 e. The number of aliphatic hydroxyl groups excluding tert-OH is 1. The van der Waals surface area contributed by atoms with Gasteiger partial charge in [0.2, 0.25) is 0 Å². The van der Waals surface area contributed by atoms with Crippen molar-refractivity contribution in [2.75, 3.05) is 36.1 Å². The molecule has 0 saturated carbocycles. The van der Waals surface area contributed by atoms with E-state index in [2.05, 4.69) is 36.9 Å². The highest BCUT2D eigenvalue weighted by molar-refractivity contribution is 5.79. The van der Waals surface area contributed by atoms with Crippen molar-refractivity contribution in [3.63, 3.8) is 0 Å². The fraction of sp³-hybridized carbons (Fsp3) is 0.481. The Balaban J connectivity index is 1.52. The maximum atomic E-state index is 10.6. The average molecular weight is 488 g/mol. The number of rotatable bonds is 5. The molecule has 9 heteroatoms. The second-order valence-corrected chi connectivity index (χ2v) is 9.87. The quantitative estimate of drug-likeness (QED) is 0.454. The van der Waals surface area contributed by atoms with Crippen molar-refractivity contribution in [3.05, 3.63) is 41.6 Å². The van der Waals surface area contributed by atoms with E-state index in [1.54, 1.807) is 0 Å². The van der Waals surface area contributed by atoms with Crippen LogP contribution in [0.2, 0.25) is 0 Å². The molecule has 2 aliphatic rings. The van der Waals surface area contributed by atoms with Gasteiger partial charge in [-0.2, -0.15) is 9.61 Å². The van der Waals surface area contributed by atoms with Gasteiger partial charge in [-0.1, -0.05) is 6.07 Å². The van der Waals surface area contributed by atoms with Crippen molar-refractivity contribution in [1.29, 1.82) is 0 Å². The summed E-state index contributed by atoms with van der Waals surface area (Å²) < 4.78 is 7.57. The third-order valence-corrected chi connectivity index (χ3v) is 7.41. The molecule has 1 N–H and O–H groups in total. The van der Waals surface area contributed by atoms with E-state index in [1.165, 1.54) is 0 Å². The number of aromatic nitrogens is 5. The molecular weight excluding hydrogens is 454 g/mol. The van der Waals surface area contributed by atoms with Gasteiger partial charge in [-0.3, -0.25) is 0 Å². The van der Waals surface area contributed by atoms with Gasteiger partial charge < -0.3 is 19.6 Å². The van der Waals surface area contributed by atoms with Gasteiger partial charge in [-0.05, 0) is 64.2 Å². The van der Waals surface area contributed by atoms with E-state index < -0.39 is 6.23 Å². The van der Waals surface area contributed by atoms with Crippen LogP contribution in [-0.4, -0.2) is 68.2 Å². The van der Waals surface area contributed by atoms with Crippen LogP contribution in [0.15, 0.2) is 30.3 Å². The molecule has 2 saturated heterocycles. The van der Waals surface area contributed by atoms with Gasteiger partial charge in [-0.15, -0.1) is 0 Å². The number of ether oxygens (including phenoxy) is 1. The molecule has 188 valence electrons. The number of nitrogens with zero attached hydrogens (tertiary/aromatic N) is 7. The van der Waals surface area contributed by atoms with Gasteiger partial charge in [0.1, 0.15) is 29.3 Å². The summed E-state index contributed by atoms with van der Waals surface area (Å²) in [6, 6.07) is 10.6. The van der Waals surface area contributed by atoms with E-state index >= 15 is 0 Å². The minimum Gasteiger partial charge on any atom is -0.381 e. The molecule has 2 fully saturated rings. The molecule has 5 heterocycles. The molecule has 36 heavy (non-hydrogen) atoms. The van der Waals surface area contributed by atoms with E-state index in [-0.39, 0.29) is 0 Å². The number of benzene rings is 1. The summed E-state index contributed by atoms with van der Waals surface area (Å²) in [4.78, 5) is 19.1. The summed E-state index contributed by atoms with van der Waals surface area (Å²) in [7, 11) is 0. The zero-order valence-corrected chi connectivity index (χ0v) is 21.2. The van der Waals surface area contributed by atoms with Crippen LogP contribution in [0.3, 0.4) is 0 Å². The van der Waals surface area contributed by atoms with Crippen molar-refractivity contribution >= 4 is 28.3 Å². The molecule has 9 nitrogen and oxygen atoms in total. The molecular formula is C27H33N7O2.